The number of hydrogen-bond acceptors (Lipinski definition) is 4. The van der Waals surface area contributed by atoms with Crippen molar-refractivity contribution in [2.45, 2.75) is 52.4 Å². The first-order valence-corrected chi connectivity index (χ1v) is 8.61. The fraction of sp³-hybridized carbons (Fsp3) is 0.550. The summed E-state index contributed by atoms with van der Waals surface area (Å²) in [6.45, 7) is 8.87. The van der Waals surface area contributed by atoms with Gasteiger partial charge in [-0.3, -0.25) is 9.59 Å². The molecule has 0 amide bonds. The summed E-state index contributed by atoms with van der Waals surface area (Å²) in [5.74, 6) is 1.21. The van der Waals surface area contributed by atoms with Crippen molar-refractivity contribution < 1.29 is 14.1 Å². The number of aromatic nitrogens is 1. The van der Waals surface area contributed by atoms with Gasteiger partial charge in [0.05, 0.1) is 11.8 Å². The largest absolute Gasteiger partial charge is 0.361 e. The summed E-state index contributed by atoms with van der Waals surface area (Å²) < 4.78 is 5.59. The molecule has 1 saturated carbocycles. The van der Waals surface area contributed by atoms with Crippen molar-refractivity contribution in [1.82, 2.24) is 5.16 Å². The lowest BCUT2D eigenvalue weighted by Crippen LogP contribution is -2.53. The monoisotopic (exact) mass is 325 g/mol. The highest BCUT2D eigenvalue weighted by molar-refractivity contribution is 6.18. The van der Waals surface area contributed by atoms with Gasteiger partial charge in [-0.15, -0.1) is 0 Å². The van der Waals surface area contributed by atoms with Gasteiger partial charge in [-0.25, -0.2) is 0 Å². The summed E-state index contributed by atoms with van der Waals surface area (Å²) in [7, 11) is 0. The molecular weight excluding hydrogens is 302 g/mol. The number of ketones is 1. The maximum Gasteiger partial charge on any atom is 0.188 e. The van der Waals surface area contributed by atoms with Crippen molar-refractivity contribution >= 4 is 12.1 Å². The molecule has 1 aromatic heterocycles. The highest BCUT2D eigenvalue weighted by Crippen LogP contribution is 2.64. The number of allylic oxidation sites excluding steroid dienone is 4. The number of fused-ring (bicyclic) bond motifs is 4. The van der Waals surface area contributed by atoms with Gasteiger partial charge in [-0.05, 0) is 36.7 Å². The van der Waals surface area contributed by atoms with Crippen LogP contribution in [0.2, 0.25) is 0 Å². The second-order valence-corrected chi connectivity index (χ2v) is 8.64. The van der Waals surface area contributed by atoms with E-state index in [4.69, 9.17) is 4.52 Å². The molecular formula is C20H23NO3. The van der Waals surface area contributed by atoms with Crippen LogP contribution in [0.4, 0.5) is 0 Å². The summed E-state index contributed by atoms with van der Waals surface area (Å²) in [5, 5.41) is 4.03. The SMILES string of the molecule is CC1(C)c2oncc2C[C@]2(C)C3=CC(=O)C(C=O)=C[C@]3(C)CC[C@@H]12. The second-order valence-electron chi connectivity index (χ2n) is 8.64. The maximum absolute atomic E-state index is 12.4. The fourth-order valence-corrected chi connectivity index (χ4v) is 5.78. The molecule has 0 N–H and O–H groups in total. The van der Waals surface area contributed by atoms with Crippen molar-refractivity contribution in [2.75, 3.05) is 0 Å². The highest BCUT2D eigenvalue weighted by atomic mass is 16.5. The first kappa shape index (κ1) is 15.6. The van der Waals surface area contributed by atoms with Crippen LogP contribution >= 0.6 is 0 Å². The lowest BCUT2D eigenvalue weighted by Gasteiger charge is -2.58. The average molecular weight is 325 g/mol. The lowest BCUT2D eigenvalue weighted by atomic mass is 9.45. The normalized spacial score (nSPS) is 36.8. The van der Waals surface area contributed by atoms with E-state index < -0.39 is 0 Å². The van der Waals surface area contributed by atoms with Crippen LogP contribution in [0.25, 0.3) is 0 Å². The fourth-order valence-electron chi connectivity index (χ4n) is 5.78. The summed E-state index contributed by atoms with van der Waals surface area (Å²) in [6.07, 6.45) is 8.96. The average Bonchev–Trinajstić information content (AvgIpc) is 2.96. The Morgan fingerprint density at radius 1 is 1.29 bits per heavy atom. The number of nitrogens with zero attached hydrogens (tertiary/aromatic N) is 1. The van der Waals surface area contributed by atoms with Crippen molar-refractivity contribution in [3.8, 4) is 0 Å². The van der Waals surface area contributed by atoms with E-state index in [1.54, 1.807) is 6.08 Å². The van der Waals surface area contributed by atoms with E-state index in [0.29, 0.717) is 17.8 Å². The van der Waals surface area contributed by atoms with Crippen LogP contribution in [0.15, 0.2) is 34.0 Å². The smallest absolute Gasteiger partial charge is 0.188 e. The van der Waals surface area contributed by atoms with E-state index >= 15 is 0 Å². The molecule has 0 aromatic carbocycles. The van der Waals surface area contributed by atoms with Gasteiger partial charge in [0.25, 0.3) is 0 Å². The zero-order valence-electron chi connectivity index (χ0n) is 14.7. The third-order valence-electron chi connectivity index (χ3n) is 6.77. The van der Waals surface area contributed by atoms with Crippen molar-refractivity contribution in [3.05, 3.63) is 40.8 Å². The highest BCUT2D eigenvalue weighted by Gasteiger charge is 2.58. The molecule has 126 valence electrons. The Hall–Kier alpha value is -1.97. The van der Waals surface area contributed by atoms with Gasteiger partial charge in [0.2, 0.25) is 0 Å². The molecule has 0 spiro atoms. The van der Waals surface area contributed by atoms with Gasteiger partial charge in [0, 0.05) is 16.4 Å². The molecule has 1 aromatic rings. The Bertz CT molecular complexity index is 813. The predicted octanol–water partition coefficient (Wildman–Crippen LogP) is 3.57. The van der Waals surface area contributed by atoms with Gasteiger partial charge in [-0.2, -0.15) is 0 Å². The molecule has 0 unspecified atom stereocenters. The van der Waals surface area contributed by atoms with Crippen LogP contribution in [-0.4, -0.2) is 17.2 Å². The van der Waals surface area contributed by atoms with Gasteiger partial charge >= 0.3 is 0 Å². The van der Waals surface area contributed by atoms with Crippen molar-refractivity contribution in [2.24, 2.45) is 16.7 Å². The van der Waals surface area contributed by atoms with Crippen molar-refractivity contribution in [3.63, 3.8) is 0 Å². The Morgan fingerprint density at radius 2 is 2.04 bits per heavy atom. The Labute approximate surface area is 142 Å². The minimum atomic E-state index is -0.222. The Kier molecular flexibility index (Phi) is 2.95. The van der Waals surface area contributed by atoms with E-state index in [2.05, 4.69) is 32.9 Å². The van der Waals surface area contributed by atoms with E-state index in [1.807, 2.05) is 12.3 Å². The Morgan fingerprint density at radius 3 is 2.75 bits per heavy atom. The molecule has 0 saturated heterocycles. The molecule has 3 atom stereocenters. The topological polar surface area (TPSA) is 60.2 Å². The third-order valence-corrected chi connectivity index (χ3v) is 6.77. The van der Waals surface area contributed by atoms with Crippen LogP contribution in [0.5, 0.6) is 0 Å². The molecule has 0 radical (unpaired) electrons. The van der Waals surface area contributed by atoms with E-state index in [-0.39, 0.29) is 22.0 Å². The van der Waals surface area contributed by atoms with Gasteiger partial charge in [0.1, 0.15) is 5.76 Å². The van der Waals surface area contributed by atoms with Gasteiger partial charge < -0.3 is 4.52 Å². The molecule has 0 aliphatic heterocycles. The number of carbonyl (C=O) groups is 2. The predicted molar refractivity (Wildman–Crippen MR) is 89.4 cm³/mol. The lowest BCUT2D eigenvalue weighted by molar-refractivity contribution is -0.114. The van der Waals surface area contributed by atoms with Gasteiger partial charge in [-0.1, -0.05) is 44.5 Å². The summed E-state index contributed by atoms with van der Waals surface area (Å²) in [5.41, 5.74) is 2.13. The van der Waals surface area contributed by atoms with Gasteiger partial charge in [0.15, 0.2) is 12.1 Å². The molecule has 24 heavy (non-hydrogen) atoms. The van der Waals surface area contributed by atoms with E-state index in [0.717, 1.165) is 30.6 Å². The van der Waals surface area contributed by atoms with E-state index in [1.165, 1.54) is 5.57 Å². The minimum Gasteiger partial charge on any atom is -0.361 e. The molecule has 1 heterocycles. The van der Waals surface area contributed by atoms with Crippen LogP contribution in [0, 0.1) is 16.7 Å². The first-order chi connectivity index (χ1) is 11.2. The molecule has 3 aliphatic rings. The van der Waals surface area contributed by atoms with Crippen LogP contribution < -0.4 is 0 Å². The summed E-state index contributed by atoms with van der Waals surface area (Å²) in [4.78, 5) is 23.6. The quantitative estimate of drug-likeness (QED) is 0.585. The number of hydrogen-bond donors (Lipinski definition) is 0. The zero-order chi connectivity index (χ0) is 17.3. The Balaban J connectivity index is 1.90. The van der Waals surface area contributed by atoms with E-state index in [9.17, 15) is 9.59 Å². The number of aldehydes is 1. The van der Waals surface area contributed by atoms with Crippen LogP contribution in [0.1, 0.15) is 51.9 Å². The second kappa shape index (κ2) is 4.56. The summed E-state index contributed by atoms with van der Waals surface area (Å²) in [6, 6.07) is 0. The number of rotatable bonds is 1. The number of carbonyl (C=O) groups excluding carboxylic acids is 2. The van der Waals surface area contributed by atoms with Crippen LogP contribution in [0.3, 0.4) is 0 Å². The summed E-state index contributed by atoms with van der Waals surface area (Å²) >= 11 is 0. The van der Waals surface area contributed by atoms with Crippen LogP contribution in [-0.2, 0) is 21.4 Å². The maximum atomic E-state index is 12.4. The zero-order valence-corrected chi connectivity index (χ0v) is 14.7. The molecule has 3 aliphatic carbocycles. The molecule has 1 fully saturated rings. The third kappa shape index (κ3) is 1.77. The first-order valence-electron chi connectivity index (χ1n) is 8.61. The standard InChI is InChI=1S/C20H23NO3/c1-18(2)15-5-6-19(3)8-13(11-22)14(23)7-16(19)20(15,4)9-12-10-21-24-17(12)18/h7-8,10-11,15H,5-6,9H2,1-4H3/t15-,19-,20-/m0/s1. The molecule has 4 rings (SSSR count). The minimum absolute atomic E-state index is 0.126. The molecule has 4 heteroatoms. The molecule has 4 nitrogen and oxygen atoms in total. The van der Waals surface area contributed by atoms with Crippen molar-refractivity contribution in [1.29, 1.82) is 0 Å². The molecule has 0 bridgehead atoms.